The zero-order chi connectivity index (χ0) is 24.5. The normalized spacial score (nSPS) is 16.3. The molecule has 1 aliphatic carbocycles. The lowest BCUT2D eigenvalue weighted by Crippen LogP contribution is -2.34. The van der Waals surface area contributed by atoms with Crippen LogP contribution in [0, 0.1) is 18.3 Å². The molecule has 1 aromatic carbocycles. The van der Waals surface area contributed by atoms with Crippen molar-refractivity contribution >= 4 is 22.7 Å². The van der Waals surface area contributed by atoms with Gasteiger partial charge in [0.1, 0.15) is 0 Å². The number of hydrogen-bond donors (Lipinski definition) is 0. The number of fused-ring (bicyclic) bond motifs is 1. The smallest absolute Gasteiger partial charge is 0.227 e. The second kappa shape index (κ2) is 9.63. The van der Waals surface area contributed by atoms with Crippen LogP contribution in [0.2, 0.25) is 0 Å². The van der Waals surface area contributed by atoms with Crippen molar-refractivity contribution in [2.24, 2.45) is 0 Å². The number of likely N-dealkylation sites (tertiary alicyclic amines) is 1. The van der Waals surface area contributed by atoms with Crippen LogP contribution in [0.15, 0.2) is 36.5 Å². The number of benzene rings is 1. The first kappa shape index (κ1) is 23.3. The molecule has 2 fully saturated rings. The van der Waals surface area contributed by atoms with Crippen molar-refractivity contribution in [2.45, 2.75) is 51.5 Å². The van der Waals surface area contributed by atoms with E-state index in [4.69, 9.17) is 4.98 Å². The van der Waals surface area contributed by atoms with Gasteiger partial charge in [0.15, 0.2) is 5.78 Å². The van der Waals surface area contributed by atoms with Crippen molar-refractivity contribution in [1.29, 1.82) is 5.26 Å². The van der Waals surface area contributed by atoms with E-state index in [9.17, 15) is 14.9 Å². The molecule has 1 aliphatic heterocycles. The van der Waals surface area contributed by atoms with E-state index in [-0.39, 0.29) is 18.1 Å². The van der Waals surface area contributed by atoms with Crippen molar-refractivity contribution in [1.82, 2.24) is 19.4 Å². The van der Waals surface area contributed by atoms with Gasteiger partial charge in [-0.15, -0.1) is 0 Å². The number of amides is 1. The number of piperidine rings is 1. The quantitative estimate of drug-likeness (QED) is 0.488. The van der Waals surface area contributed by atoms with Gasteiger partial charge in [-0.05, 0) is 81.6 Å². The fraction of sp³-hybridized carbons (Fsp3) is 0.429. The first-order valence-electron chi connectivity index (χ1n) is 12.5. The summed E-state index contributed by atoms with van der Waals surface area (Å²) in [4.78, 5) is 35.1. The molecule has 180 valence electrons. The Hall–Kier alpha value is -3.50. The van der Waals surface area contributed by atoms with Gasteiger partial charge in [0.05, 0.1) is 41.2 Å². The highest BCUT2D eigenvalue weighted by Crippen LogP contribution is 2.30. The number of Topliss-reactive ketones (excluding diaryl/α,β-unsaturated/α-hetero) is 1. The molecule has 1 saturated heterocycles. The van der Waals surface area contributed by atoms with Crippen LogP contribution in [-0.2, 0) is 11.2 Å². The summed E-state index contributed by atoms with van der Waals surface area (Å²) < 4.78 is 2.03. The summed E-state index contributed by atoms with van der Waals surface area (Å²) in [5.41, 5.74) is 5.23. The zero-order valence-corrected chi connectivity index (χ0v) is 20.5. The van der Waals surface area contributed by atoms with Crippen LogP contribution in [0.25, 0.3) is 16.7 Å². The second-order valence-electron chi connectivity index (χ2n) is 9.84. The van der Waals surface area contributed by atoms with Crippen molar-refractivity contribution in [2.75, 3.05) is 26.7 Å². The summed E-state index contributed by atoms with van der Waals surface area (Å²) in [5.74, 6) is 0.162. The summed E-state index contributed by atoms with van der Waals surface area (Å²) in [6.45, 7) is 4.25. The fourth-order valence-corrected chi connectivity index (χ4v) is 5.13. The molecule has 2 aliphatic rings. The summed E-state index contributed by atoms with van der Waals surface area (Å²) in [6, 6.07) is 11.9. The maximum absolute atomic E-state index is 13.5. The third-order valence-corrected chi connectivity index (χ3v) is 7.29. The summed E-state index contributed by atoms with van der Waals surface area (Å²) >= 11 is 0. The maximum atomic E-state index is 13.5. The van der Waals surface area contributed by atoms with Crippen LogP contribution in [0.4, 0.5) is 0 Å². The standard InChI is InChI=1S/C28H31N5O2/c1-19-27(25(34)18-32-12-4-3-5-13-32)28-24(33(19)23-8-6-20(16-29)7-9-23)14-21(17-30-28)15-26(35)31(2)22-10-11-22/h6-9,14,17,22H,3-5,10-13,15,18H2,1-2H3. The number of nitrogens with zero attached hydrogens (tertiary/aromatic N) is 5. The number of carbonyl (C=O) groups excluding carboxylic acids is 2. The van der Waals surface area contributed by atoms with Crippen molar-refractivity contribution in [3.8, 4) is 11.8 Å². The minimum absolute atomic E-state index is 0.0755. The number of hydrogen-bond acceptors (Lipinski definition) is 5. The predicted octanol–water partition coefficient (Wildman–Crippen LogP) is 4.04. The van der Waals surface area contributed by atoms with Gasteiger partial charge in [0.25, 0.3) is 0 Å². The predicted molar refractivity (Wildman–Crippen MR) is 135 cm³/mol. The van der Waals surface area contributed by atoms with Gasteiger partial charge in [-0.25, -0.2) is 0 Å². The van der Waals surface area contributed by atoms with E-state index in [1.54, 1.807) is 18.3 Å². The monoisotopic (exact) mass is 469 g/mol. The SMILES string of the molecule is Cc1c(C(=O)CN2CCCCC2)c2ncc(CC(=O)N(C)C3CC3)cc2n1-c1ccc(C#N)cc1. The van der Waals surface area contributed by atoms with Crippen LogP contribution in [-0.4, -0.2) is 63.8 Å². The first-order valence-corrected chi connectivity index (χ1v) is 12.5. The van der Waals surface area contributed by atoms with E-state index in [1.807, 2.05) is 41.6 Å². The molecule has 0 bridgehead atoms. The Labute approximate surface area is 206 Å². The minimum atomic E-state index is 0.0755. The zero-order valence-electron chi connectivity index (χ0n) is 20.5. The highest BCUT2D eigenvalue weighted by Gasteiger charge is 2.30. The molecule has 5 rings (SSSR count). The number of carbonyl (C=O) groups is 2. The van der Waals surface area contributed by atoms with Crippen LogP contribution in [0.3, 0.4) is 0 Å². The second-order valence-corrected chi connectivity index (χ2v) is 9.84. The van der Waals surface area contributed by atoms with E-state index >= 15 is 0 Å². The first-order chi connectivity index (χ1) is 17.0. The molecular formula is C28H31N5O2. The number of rotatable bonds is 7. The third kappa shape index (κ3) is 4.71. The molecule has 2 aromatic heterocycles. The molecule has 3 heterocycles. The highest BCUT2D eigenvalue weighted by atomic mass is 16.2. The van der Waals surface area contributed by atoms with E-state index in [0.29, 0.717) is 29.2 Å². The molecule has 0 atom stereocenters. The average molecular weight is 470 g/mol. The number of nitriles is 1. The van der Waals surface area contributed by atoms with Crippen LogP contribution >= 0.6 is 0 Å². The Morgan fingerprint density at radius 3 is 2.51 bits per heavy atom. The lowest BCUT2D eigenvalue weighted by molar-refractivity contribution is -0.129. The van der Waals surface area contributed by atoms with Gasteiger partial charge >= 0.3 is 0 Å². The molecule has 0 spiro atoms. The number of ketones is 1. The lowest BCUT2D eigenvalue weighted by atomic mass is 10.1. The molecule has 7 heteroatoms. The molecule has 1 amide bonds. The van der Waals surface area contributed by atoms with E-state index in [0.717, 1.165) is 61.2 Å². The van der Waals surface area contributed by atoms with Gasteiger partial charge in [0, 0.05) is 30.7 Å². The van der Waals surface area contributed by atoms with Gasteiger partial charge in [-0.3, -0.25) is 19.5 Å². The molecule has 0 radical (unpaired) electrons. The van der Waals surface area contributed by atoms with E-state index in [2.05, 4.69) is 11.0 Å². The Balaban J connectivity index is 1.55. The number of likely N-dealkylation sites (N-methyl/N-ethyl adjacent to an activating group) is 1. The van der Waals surface area contributed by atoms with Gasteiger partial charge in [-0.1, -0.05) is 6.42 Å². The molecule has 1 saturated carbocycles. The molecule has 0 unspecified atom stereocenters. The topological polar surface area (TPSA) is 82.2 Å². The van der Waals surface area contributed by atoms with Crippen molar-refractivity contribution < 1.29 is 9.59 Å². The average Bonchev–Trinajstić information content (AvgIpc) is 3.67. The highest BCUT2D eigenvalue weighted by molar-refractivity contribution is 6.09. The largest absolute Gasteiger partial charge is 0.342 e. The van der Waals surface area contributed by atoms with Gasteiger partial charge in [0.2, 0.25) is 5.91 Å². The third-order valence-electron chi connectivity index (χ3n) is 7.29. The Morgan fingerprint density at radius 1 is 1.14 bits per heavy atom. The molecule has 3 aromatic rings. The van der Waals surface area contributed by atoms with Gasteiger partial charge < -0.3 is 9.47 Å². The van der Waals surface area contributed by atoms with Crippen LogP contribution in [0.1, 0.15) is 59.3 Å². The molecule has 7 nitrogen and oxygen atoms in total. The summed E-state index contributed by atoms with van der Waals surface area (Å²) in [5, 5.41) is 9.21. The lowest BCUT2D eigenvalue weighted by Gasteiger charge is -2.25. The molecule has 0 N–H and O–H groups in total. The van der Waals surface area contributed by atoms with Crippen molar-refractivity contribution in [3.05, 3.63) is 58.9 Å². The summed E-state index contributed by atoms with van der Waals surface area (Å²) in [7, 11) is 1.87. The maximum Gasteiger partial charge on any atom is 0.227 e. The molecule has 35 heavy (non-hydrogen) atoms. The van der Waals surface area contributed by atoms with E-state index < -0.39 is 0 Å². The Kier molecular flexibility index (Phi) is 6.40. The number of pyridine rings is 1. The van der Waals surface area contributed by atoms with Crippen LogP contribution < -0.4 is 0 Å². The minimum Gasteiger partial charge on any atom is -0.342 e. The number of aromatic nitrogens is 2. The Bertz CT molecular complexity index is 1310. The molecular weight excluding hydrogens is 438 g/mol. The Morgan fingerprint density at radius 2 is 1.86 bits per heavy atom. The van der Waals surface area contributed by atoms with Crippen LogP contribution in [0.5, 0.6) is 0 Å². The van der Waals surface area contributed by atoms with Gasteiger partial charge in [-0.2, -0.15) is 5.26 Å². The van der Waals surface area contributed by atoms with Crippen molar-refractivity contribution in [3.63, 3.8) is 0 Å². The fourth-order valence-electron chi connectivity index (χ4n) is 5.13. The van der Waals surface area contributed by atoms with E-state index in [1.165, 1.54) is 6.42 Å². The summed E-state index contributed by atoms with van der Waals surface area (Å²) in [6.07, 6.45) is 7.65.